The number of rotatable bonds is 1. The molecule has 6 heteroatoms. The number of nitrogen functional groups attached to an aromatic ring is 1. The van der Waals surface area contributed by atoms with Crippen LogP contribution in [0.15, 0.2) is 18.2 Å². The second-order valence-electron chi connectivity index (χ2n) is 6.30. The molecule has 0 bridgehead atoms. The quantitative estimate of drug-likeness (QED) is 0.804. The maximum Gasteiger partial charge on any atom is 0.410 e. The molecule has 0 aromatic heterocycles. The third-order valence-corrected chi connectivity index (χ3v) is 3.48. The number of amides is 1. The monoisotopic (exact) mass is 302 g/mol. The molecule has 118 valence electrons. The normalized spacial score (nSPS) is 15.4. The topological polar surface area (TPSA) is 82.6 Å². The number of piperazine rings is 1. The van der Waals surface area contributed by atoms with Crippen LogP contribution in [0.5, 0.6) is 0 Å². The summed E-state index contributed by atoms with van der Waals surface area (Å²) >= 11 is 0. The predicted octanol–water partition coefficient (Wildman–Crippen LogP) is 2.20. The number of carbonyl (C=O) groups is 1. The fraction of sp³-hybridized carbons (Fsp3) is 0.500. The summed E-state index contributed by atoms with van der Waals surface area (Å²) in [6.45, 7) is 8.05. The first-order valence-electron chi connectivity index (χ1n) is 7.33. The largest absolute Gasteiger partial charge is 0.444 e. The third-order valence-electron chi connectivity index (χ3n) is 3.48. The van der Waals surface area contributed by atoms with Gasteiger partial charge in [-0.15, -0.1) is 0 Å². The van der Waals surface area contributed by atoms with Crippen molar-refractivity contribution in [1.29, 1.82) is 5.26 Å². The summed E-state index contributed by atoms with van der Waals surface area (Å²) in [6, 6.07) is 7.52. The van der Waals surface area contributed by atoms with Crippen LogP contribution in [0.2, 0.25) is 0 Å². The van der Waals surface area contributed by atoms with Crippen LogP contribution in [-0.2, 0) is 4.74 Å². The Morgan fingerprint density at radius 3 is 2.45 bits per heavy atom. The standard InChI is InChI=1S/C16H22N4O2/c1-16(2,3)22-15(21)20-9-7-19(8-10-20)13-6-4-5-12(11-17)14(13)18/h4-6H,7-10,18H2,1-3H3. The van der Waals surface area contributed by atoms with Crippen molar-refractivity contribution >= 4 is 17.5 Å². The lowest BCUT2D eigenvalue weighted by molar-refractivity contribution is 0.0240. The number of nitrogens with zero attached hydrogens (tertiary/aromatic N) is 3. The molecule has 1 aromatic rings. The zero-order valence-corrected chi connectivity index (χ0v) is 13.3. The van der Waals surface area contributed by atoms with Gasteiger partial charge in [0.25, 0.3) is 0 Å². The van der Waals surface area contributed by atoms with Gasteiger partial charge in [-0.3, -0.25) is 0 Å². The first-order chi connectivity index (χ1) is 10.3. The molecule has 1 amide bonds. The van der Waals surface area contributed by atoms with Crippen molar-refractivity contribution in [2.24, 2.45) is 0 Å². The van der Waals surface area contributed by atoms with Crippen molar-refractivity contribution in [2.45, 2.75) is 26.4 Å². The van der Waals surface area contributed by atoms with Gasteiger partial charge in [-0.1, -0.05) is 6.07 Å². The van der Waals surface area contributed by atoms with Crippen LogP contribution >= 0.6 is 0 Å². The van der Waals surface area contributed by atoms with Crippen LogP contribution in [0.4, 0.5) is 16.2 Å². The minimum Gasteiger partial charge on any atom is -0.444 e. The molecule has 0 radical (unpaired) electrons. The fourth-order valence-corrected chi connectivity index (χ4v) is 2.38. The number of hydrogen-bond donors (Lipinski definition) is 1. The second-order valence-corrected chi connectivity index (χ2v) is 6.30. The molecule has 2 N–H and O–H groups in total. The van der Waals surface area contributed by atoms with Gasteiger partial charge in [-0.05, 0) is 32.9 Å². The number of nitrogens with two attached hydrogens (primary N) is 1. The van der Waals surface area contributed by atoms with Gasteiger partial charge >= 0.3 is 6.09 Å². The molecule has 1 heterocycles. The van der Waals surface area contributed by atoms with Crippen molar-refractivity contribution in [2.75, 3.05) is 36.8 Å². The third kappa shape index (κ3) is 3.61. The molecular formula is C16H22N4O2. The molecule has 0 saturated carbocycles. The van der Waals surface area contributed by atoms with Gasteiger partial charge < -0.3 is 20.3 Å². The minimum absolute atomic E-state index is 0.286. The molecule has 0 aliphatic carbocycles. The lowest BCUT2D eigenvalue weighted by atomic mass is 10.1. The highest BCUT2D eigenvalue weighted by Crippen LogP contribution is 2.27. The molecule has 6 nitrogen and oxygen atoms in total. The Morgan fingerprint density at radius 2 is 1.91 bits per heavy atom. The van der Waals surface area contributed by atoms with Crippen LogP contribution in [0.1, 0.15) is 26.3 Å². The average Bonchev–Trinajstić information content (AvgIpc) is 2.46. The molecule has 1 aliphatic rings. The molecule has 1 saturated heterocycles. The van der Waals surface area contributed by atoms with Crippen LogP contribution in [0.3, 0.4) is 0 Å². The summed E-state index contributed by atoms with van der Waals surface area (Å²) in [5.74, 6) is 0. The summed E-state index contributed by atoms with van der Waals surface area (Å²) in [6.07, 6.45) is -0.286. The van der Waals surface area contributed by atoms with Gasteiger partial charge in [0.1, 0.15) is 11.7 Å². The van der Waals surface area contributed by atoms with Crippen LogP contribution in [0.25, 0.3) is 0 Å². The van der Waals surface area contributed by atoms with Gasteiger partial charge in [0, 0.05) is 26.2 Å². The number of nitriles is 1. The van der Waals surface area contributed by atoms with Crippen molar-refractivity contribution in [3.8, 4) is 6.07 Å². The van der Waals surface area contributed by atoms with E-state index in [0.29, 0.717) is 37.4 Å². The first kappa shape index (κ1) is 16.0. The van der Waals surface area contributed by atoms with Crippen molar-refractivity contribution in [3.05, 3.63) is 23.8 Å². The van der Waals surface area contributed by atoms with E-state index in [1.165, 1.54) is 0 Å². The minimum atomic E-state index is -0.486. The van der Waals surface area contributed by atoms with E-state index in [-0.39, 0.29) is 6.09 Å². The second kappa shape index (κ2) is 6.14. The van der Waals surface area contributed by atoms with Crippen LogP contribution in [-0.4, -0.2) is 42.8 Å². The highest BCUT2D eigenvalue weighted by molar-refractivity contribution is 5.74. The van der Waals surface area contributed by atoms with E-state index in [2.05, 4.69) is 11.0 Å². The van der Waals surface area contributed by atoms with Crippen molar-refractivity contribution < 1.29 is 9.53 Å². The number of para-hydroxylation sites is 1. The van der Waals surface area contributed by atoms with E-state index in [0.717, 1.165) is 5.69 Å². The molecular weight excluding hydrogens is 280 g/mol. The molecule has 1 aliphatic heterocycles. The maximum atomic E-state index is 12.0. The maximum absolute atomic E-state index is 12.0. The number of carbonyl (C=O) groups excluding carboxylic acids is 1. The summed E-state index contributed by atoms with van der Waals surface area (Å²) in [5.41, 5.74) is 7.37. The van der Waals surface area contributed by atoms with Gasteiger partial charge in [0.2, 0.25) is 0 Å². The Labute approximate surface area is 131 Å². The zero-order valence-electron chi connectivity index (χ0n) is 13.3. The Hall–Kier alpha value is -2.42. The summed E-state index contributed by atoms with van der Waals surface area (Å²) < 4.78 is 5.38. The predicted molar refractivity (Wildman–Crippen MR) is 85.6 cm³/mol. The van der Waals surface area contributed by atoms with Gasteiger partial charge in [0.05, 0.1) is 16.9 Å². The van der Waals surface area contributed by atoms with E-state index >= 15 is 0 Å². The SMILES string of the molecule is CC(C)(C)OC(=O)N1CCN(c2cccc(C#N)c2N)CC1. The van der Waals surface area contributed by atoms with E-state index in [9.17, 15) is 4.79 Å². The molecule has 0 spiro atoms. The van der Waals surface area contributed by atoms with E-state index < -0.39 is 5.60 Å². The Balaban J connectivity index is 2.01. The summed E-state index contributed by atoms with van der Waals surface area (Å²) in [5, 5.41) is 9.05. The fourth-order valence-electron chi connectivity index (χ4n) is 2.38. The van der Waals surface area contributed by atoms with E-state index in [1.54, 1.807) is 11.0 Å². The molecule has 2 rings (SSSR count). The van der Waals surface area contributed by atoms with Gasteiger partial charge in [-0.25, -0.2) is 4.79 Å². The lowest BCUT2D eigenvalue weighted by Crippen LogP contribution is -2.50. The average molecular weight is 302 g/mol. The van der Waals surface area contributed by atoms with Gasteiger partial charge in [-0.2, -0.15) is 5.26 Å². The van der Waals surface area contributed by atoms with E-state index in [4.69, 9.17) is 15.7 Å². The zero-order chi connectivity index (χ0) is 16.3. The molecule has 1 fully saturated rings. The van der Waals surface area contributed by atoms with Crippen molar-refractivity contribution in [3.63, 3.8) is 0 Å². The molecule has 0 atom stereocenters. The number of anilines is 2. The van der Waals surface area contributed by atoms with Crippen molar-refractivity contribution in [1.82, 2.24) is 4.90 Å². The Kier molecular flexibility index (Phi) is 4.45. The number of benzene rings is 1. The van der Waals surface area contributed by atoms with Gasteiger partial charge in [0.15, 0.2) is 0 Å². The molecule has 22 heavy (non-hydrogen) atoms. The van der Waals surface area contributed by atoms with E-state index in [1.807, 2.05) is 32.9 Å². The first-order valence-corrected chi connectivity index (χ1v) is 7.33. The molecule has 0 unspecified atom stereocenters. The number of hydrogen-bond acceptors (Lipinski definition) is 5. The highest BCUT2D eigenvalue weighted by atomic mass is 16.6. The van der Waals surface area contributed by atoms with Crippen LogP contribution < -0.4 is 10.6 Å². The lowest BCUT2D eigenvalue weighted by Gasteiger charge is -2.37. The van der Waals surface area contributed by atoms with Crippen LogP contribution in [0, 0.1) is 11.3 Å². The Morgan fingerprint density at radius 1 is 1.27 bits per heavy atom. The smallest absolute Gasteiger partial charge is 0.410 e. The molecule has 1 aromatic carbocycles. The summed E-state index contributed by atoms with van der Waals surface area (Å²) in [7, 11) is 0. The Bertz CT molecular complexity index is 593. The number of ether oxygens (including phenoxy) is 1. The highest BCUT2D eigenvalue weighted by Gasteiger charge is 2.26. The summed E-state index contributed by atoms with van der Waals surface area (Å²) in [4.78, 5) is 15.8.